The van der Waals surface area contributed by atoms with Crippen molar-refractivity contribution in [1.82, 2.24) is 0 Å². The first-order chi connectivity index (χ1) is 15.0. The highest BCUT2D eigenvalue weighted by Crippen LogP contribution is 2.34. The van der Waals surface area contributed by atoms with Crippen LogP contribution in [0.15, 0.2) is 65.7 Å². The van der Waals surface area contributed by atoms with Gasteiger partial charge < -0.3 is 24.1 Å². The van der Waals surface area contributed by atoms with Crippen molar-refractivity contribution in [3.8, 4) is 28.7 Å². The number of carboxylic acids is 1. The minimum absolute atomic E-state index is 0.391. The Morgan fingerprint density at radius 3 is 2.16 bits per heavy atom. The summed E-state index contributed by atoms with van der Waals surface area (Å²) in [7, 11) is 3.12. The number of aliphatic imine (C=N–C) groups is 1. The molecule has 0 heterocycles. The maximum Gasteiger partial charge on any atom is 0.341 e. The molecule has 3 rings (SSSR count). The third kappa shape index (κ3) is 6.35. The van der Waals surface area contributed by atoms with Gasteiger partial charge in [0, 0.05) is 6.21 Å². The highest BCUT2D eigenvalue weighted by Gasteiger charge is 2.12. The highest BCUT2D eigenvalue weighted by atomic mass is 127. The highest BCUT2D eigenvalue weighted by molar-refractivity contribution is 14.1. The van der Waals surface area contributed by atoms with Crippen LogP contribution in [-0.2, 0) is 4.79 Å². The summed E-state index contributed by atoms with van der Waals surface area (Å²) in [5.41, 5.74) is 1.55. The molecule has 31 heavy (non-hydrogen) atoms. The SMILES string of the molecule is COc1ccc(Oc2ccc(N=Cc3cc(I)c(OCC(=O)O)c(OC)c3)cc2)cc1. The van der Waals surface area contributed by atoms with Crippen molar-refractivity contribution in [3.05, 3.63) is 69.8 Å². The van der Waals surface area contributed by atoms with Crippen LogP contribution in [0.25, 0.3) is 0 Å². The predicted molar refractivity (Wildman–Crippen MR) is 126 cm³/mol. The molecule has 160 valence electrons. The molecular formula is C23H20INO6. The van der Waals surface area contributed by atoms with E-state index >= 15 is 0 Å². The molecule has 0 unspecified atom stereocenters. The molecule has 7 nitrogen and oxygen atoms in total. The molecule has 0 aliphatic heterocycles. The van der Waals surface area contributed by atoms with E-state index in [0.29, 0.717) is 23.0 Å². The number of benzene rings is 3. The van der Waals surface area contributed by atoms with E-state index in [2.05, 4.69) is 27.6 Å². The van der Waals surface area contributed by atoms with Gasteiger partial charge in [0.15, 0.2) is 18.1 Å². The number of hydrogen-bond acceptors (Lipinski definition) is 6. The van der Waals surface area contributed by atoms with Crippen molar-refractivity contribution >= 4 is 40.5 Å². The maximum absolute atomic E-state index is 10.8. The summed E-state index contributed by atoms with van der Waals surface area (Å²) < 4.78 is 22.3. The number of carbonyl (C=O) groups is 1. The molecular weight excluding hydrogens is 513 g/mol. The summed E-state index contributed by atoms with van der Waals surface area (Å²) in [5.74, 6) is 1.96. The average Bonchev–Trinajstić information content (AvgIpc) is 2.78. The molecule has 3 aromatic carbocycles. The lowest BCUT2D eigenvalue weighted by Crippen LogP contribution is -2.11. The summed E-state index contributed by atoms with van der Waals surface area (Å²) in [4.78, 5) is 15.2. The molecule has 0 atom stereocenters. The molecule has 1 N–H and O–H groups in total. The number of aliphatic carboxylic acids is 1. The predicted octanol–water partition coefficient (Wildman–Crippen LogP) is 5.31. The van der Waals surface area contributed by atoms with E-state index < -0.39 is 12.6 Å². The topological polar surface area (TPSA) is 86.6 Å². The molecule has 0 saturated heterocycles. The van der Waals surface area contributed by atoms with Gasteiger partial charge in [-0.3, -0.25) is 4.99 Å². The minimum Gasteiger partial charge on any atom is -0.497 e. The Morgan fingerprint density at radius 2 is 1.58 bits per heavy atom. The molecule has 0 amide bonds. The Labute approximate surface area is 193 Å². The van der Waals surface area contributed by atoms with Crippen LogP contribution in [0.3, 0.4) is 0 Å². The quantitative estimate of drug-likeness (QED) is 0.296. The number of halogens is 1. The average molecular weight is 533 g/mol. The lowest BCUT2D eigenvalue weighted by Gasteiger charge is -2.12. The van der Waals surface area contributed by atoms with Crippen LogP contribution in [0.2, 0.25) is 0 Å². The van der Waals surface area contributed by atoms with E-state index in [9.17, 15) is 4.79 Å². The van der Waals surface area contributed by atoms with Gasteiger partial charge in [-0.15, -0.1) is 0 Å². The Kier molecular flexibility index (Phi) is 7.71. The smallest absolute Gasteiger partial charge is 0.341 e. The number of hydrogen-bond donors (Lipinski definition) is 1. The van der Waals surface area contributed by atoms with Gasteiger partial charge >= 0.3 is 5.97 Å². The van der Waals surface area contributed by atoms with Crippen LogP contribution in [0.5, 0.6) is 28.7 Å². The van der Waals surface area contributed by atoms with Gasteiger partial charge in [-0.2, -0.15) is 0 Å². The van der Waals surface area contributed by atoms with E-state index in [0.717, 1.165) is 20.6 Å². The number of carboxylic acid groups (broad SMARTS) is 1. The second-order valence-corrected chi connectivity index (χ2v) is 7.41. The Morgan fingerprint density at radius 1 is 0.968 bits per heavy atom. The molecule has 0 radical (unpaired) electrons. The lowest BCUT2D eigenvalue weighted by atomic mass is 10.2. The van der Waals surface area contributed by atoms with Crippen LogP contribution in [0.1, 0.15) is 5.56 Å². The van der Waals surface area contributed by atoms with Crippen LogP contribution in [0, 0.1) is 3.57 Å². The van der Waals surface area contributed by atoms with E-state index in [1.807, 2.05) is 54.6 Å². The summed E-state index contributed by atoms with van der Waals surface area (Å²) in [5, 5.41) is 8.81. The van der Waals surface area contributed by atoms with Crippen molar-refractivity contribution in [1.29, 1.82) is 0 Å². The van der Waals surface area contributed by atoms with Crippen molar-refractivity contribution in [3.63, 3.8) is 0 Å². The molecule has 3 aromatic rings. The van der Waals surface area contributed by atoms with Gasteiger partial charge in [0.1, 0.15) is 17.2 Å². The van der Waals surface area contributed by atoms with Gasteiger partial charge in [0.25, 0.3) is 0 Å². The summed E-state index contributed by atoms with van der Waals surface area (Å²) in [6.07, 6.45) is 1.70. The standard InChI is InChI=1S/C23H20INO6/c1-28-17-7-9-19(10-8-17)31-18-5-3-16(4-6-18)25-13-15-11-20(24)23(21(12-15)29-2)30-14-22(26)27/h3-13H,14H2,1-2H3,(H,26,27). The zero-order chi connectivity index (χ0) is 22.2. The third-order valence-electron chi connectivity index (χ3n) is 4.09. The van der Waals surface area contributed by atoms with Crippen LogP contribution in [0.4, 0.5) is 5.69 Å². The molecule has 0 saturated carbocycles. The van der Waals surface area contributed by atoms with Gasteiger partial charge in [-0.25, -0.2) is 4.79 Å². The summed E-state index contributed by atoms with van der Waals surface area (Å²) in [6.45, 7) is -0.440. The number of rotatable bonds is 9. The van der Waals surface area contributed by atoms with Gasteiger partial charge in [0.2, 0.25) is 0 Å². The Bertz CT molecular complexity index is 1060. The van der Waals surface area contributed by atoms with Crippen molar-refractivity contribution in [2.24, 2.45) is 4.99 Å². The zero-order valence-corrected chi connectivity index (χ0v) is 19.0. The maximum atomic E-state index is 10.8. The number of ether oxygens (including phenoxy) is 4. The van der Waals surface area contributed by atoms with Crippen molar-refractivity contribution in [2.45, 2.75) is 0 Å². The third-order valence-corrected chi connectivity index (χ3v) is 4.89. The molecule has 0 bridgehead atoms. The fourth-order valence-electron chi connectivity index (χ4n) is 2.62. The molecule has 0 aliphatic rings. The zero-order valence-electron chi connectivity index (χ0n) is 16.9. The Hall–Kier alpha value is -3.27. The molecule has 8 heteroatoms. The Balaban J connectivity index is 1.69. The molecule has 0 fully saturated rings. The van der Waals surface area contributed by atoms with Crippen LogP contribution < -0.4 is 18.9 Å². The van der Waals surface area contributed by atoms with Crippen LogP contribution in [-0.4, -0.2) is 38.1 Å². The fraction of sp³-hybridized carbons (Fsp3) is 0.130. The monoisotopic (exact) mass is 533 g/mol. The van der Waals surface area contributed by atoms with E-state index in [1.54, 1.807) is 19.4 Å². The van der Waals surface area contributed by atoms with Crippen molar-refractivity contribution < 1.29 is 28.8 Å². The molecule has 0 aliphatic carbocycles. The van der Waals surface area contributed by atoms with Gasteiger partial charge in [0.05, 0.1) is 23.5 Å². The number of nitrogens with zero attached hydrogens (tertiary/aromatic N) is 1. The van der Waals surface area contributed by atoms with E-state index in [-0.39, 0.29) is 0 Å². The minimum atomic E-state index is -1.05. The first-order valence-electron chi connectivity index (χ1n) is 9.16. The van der Waals surface area contributed by atoms with Crippen molar-refractivity contribution in [2.75, 3.05) is 20.8 Å². The number of methoxy groups -OCH3 is 2. The van der Waals surface area contributed by atoms with Crippen LogP contribution >= 0.6 is 22.6 Å². The molecule has 0 aromatic heterocycles. The first-order valence-corrected chi connectivity index (χ1v) is 10.2. The fourth-order valence-corrected chi connectivity index (χ4v) is 3.40. The van der Waals surface area contributed by atoms with E-state index in [4.69, 9.17) is 24.1 Å². The second-order valence-electron chi connectivity index (χ2n) is 6.25. The largest absolute Gasteiger partial charge is 0.497 e. The summed E-state index contributed by atoms with van der Waals surface area (Å²) in [6, 6.07) is 18.3. The normalized spacial score (nSPS) is 10.7. The van der Waals surface area contributed by atoms with E-state index in [1.165, 1.54) is 7.11 Å². The lowest BCUT2D eigenvalue weighted by molar-refractivity contribution is -0.139. The summed E-state index contributed by atoms with van der Waals surface area (Å²) >= 11 is 2.07. The van der Waals surface area contributed by atoms with Gasteiger partial charge in [-0.05, 0) is 88.8 Å². The first kappa shape index (κ1) is 22.4. The van der Waals surface area contributed by atoms with Gasteiger partial charge in [-0.1, -0.05) is 0 Å². The molecule has 0 spiro atoms. The second kappa shape index (κ2) is 10.7.